The lowest BCUT2D eigenvalue weighted by Gasteiger charge is -2.17. The van der Waals surface area contributed by atoms with Crippen LogP contribution in [0, 0.1) is 5.82 Å². The molecule has 3 amide bonds. The number of aromatic amines is 1. The van der Waals surface area contributed by atoms with E-state index in [-0.39, 0.29) is 33.3 Å². The number of carbonyl (C=O) groups excluding carboxylic acids is 3. The molecule has 4 N–H and O–H groups in total. The Labute approximate surface area is 169 Å². The van der Waals surface area contributed by atoms with E-state index in [9.17, 15) is 18.8 Å². The van der Waals surface area contributed by atoms with Crippen molar-refractivity contribution in [3.8, 4) is 0 Å². The number of halogens is 2. The van der Waals surface area contributed by atoms with E-state index in [1.54, 1.807) is 18.2 Å². The average molecular weight is 416 g/mol. The molecule has 10 heteroatoms. The van der Waals surface area contributed by atoms with Gasteiger partial charge in [-0.1, -0.05) is 23.7 Å². The lowest BCUT2D eigenvalue weighted by molar-refractivity contribution is 0.0958. The molecule has 0 saturated carbocycles. The zero-order valence-corrected chi connectivity index (χ0v) is 15.8. The first kappa shape index (κ1) is 20.0. The molecular formula is C19H15ClFN5O3. The predicted octanol–water partition coefficient (Wildman–Crippen LogP) is 2.83. The minimum atomic E-state index is -0.844. The Kier molecular flexibility index (Phi) is 5.60. The highest BCUT2D eigenvalue weighted by Crippen LogP contribution is 2.24. The van der Waals surface area contributed by atoms with E-state index in [0.717, 1.165) is 17.3 Å². The molecule has 0 aliphatic carbocycles. The number of benzene rings is 2. The van der Waals surface area contributed by atoms with Gasteiger partial charge in [-0.25, -0.2) is 9.37 Å². The number of aromatic nitrogens is 2. The molecule has 3 aromatic rings. The van der Waals surface area contributed by atoms with E-state index in [4.69, 9.17) is 17.3 Å². The van der Waals surface area contributed by atoms with Gasteiger partial charge < -0.3 is 20.9 Å². The van der Waals surface area contributed by atoms with Crippen molar-refractivity contribution >= 4 is 40.7 Å². The number of imidazole rings is 1. The molecule has 8 nitrogen and oxygen atoms in total. The van der Waals surface area contributed by atoms with Gasteiger partial charge in [-0.2, -0.15) is 0 Å². The number of amides is 3. The molecule has 1 aromatic heterocycles. The second-order valence-electron chi connectivity index (χ2n) is 5.95. The Morgan fingerprint density at radius 2 is 1.93 bits per heavy atom. The number of nitrogens with two attached hydrogens (primary N) is 1. The van der Waals surface area contributed by atoms with Gasteiger partial charge in [-0.15, -0.1) is 0 Å². The van der Waals surface area contributed by atoms with Gasteiger partial charge in [0.2, 0.25) is 0 Å². The number of carbonyl (C=O) groups is 3. The number of hydrogen-bond donors (Lipinski definition) is 3. The summed E-state index contributed by atoms with van der Waals surface area (Å²) < 4.78 is 14.5. The van der Waals surface area contributed by atoms with Crippen molar-refractivity contribution in [2.75, 3.05) is 17.3 Å². The summed E-state index contributed by atoms with van der Waals surface area (Å²) in [6.07, 6.45) is 1.16. The number of H-pyrrole nitrogens is 1. The number of anilines is 2. The summed E-state index contributed by atoms with van der Waals surface area (Å²) in [7, 11) is 1.39. The molecule has 0 aliphatic rings. The molecule has 0 bridgehead atoms. The van der Waals surface area contributed by atoms with E-state index < -0.39 is 23.5 Å². The SMILES string of the molecule is CN(C(=O)c1nc[nH]c1C(N)=O)c1ccc(NC(=O)c2ccccc2Cl)c(F)c1. The molecule has 0 atom stereocenters. The lowest BCUT2D eigenvalue weighted by Crippen LogP contribution is -2.29. The predicted molar refractivity (Wildman–Crippen MR) is 106 cm³/mol. The minimum absolute atomic E-state index is 0.0860. The maximum Gasteiger partial charge on any atom is 0.279 e. The Balaban J connectivity index is 1.81. The zero-order chi connectivity index (χ0) is 21.1. The smallest absolute Gasteiger partial charge is 0.279 e. The van der Waals surface area contributed by atoms with Crippen molar-refractivity contribution in [1.82, 2.24) is 9.97 Å². The third kappa shape index (κ3) is 4.09. The fourth-order valence-corrected chi connectivity index (χ4v) is 2.79. The zero-order valence-electron chi connectivity index (χ0n) is 15.1. The van der Waals surface area contributed by atoms with Crippen molar-refractivity contribution in [1.29, 1.82) is 0 Å². The second kappa shape index (κ2) is 8.11. The molecule has 148 valence electrons. The van der Waals surface area contributed by atoms with Crippen LogP contribution in [-0.4, -0.2) is 34.7 Å². The largest absolute Gasteiger partial charge is 0.364 e. The summed E-state index contributed by atoms with van der Waals surface area (Å²) in [5, 5.41) is 2.67. The average Bonchev–Trinajstić information content (AvgIpc) is 3.19. The molecular weight excluding hydrogens is 401 g/mol. The number of hydrogen-bond acceptors (Lipinski definition) is 4. The first-order valence-electron chi connectivity index (χ1n) is 8.26. The summed E-state index contributed by atoms with van der Waals surface area (Å²) in [6.45, 7) is 0. The molecule has 3 rings (SSSR count). The van der Waals surface area contributed by atoms with Crippen molar-refractivity contribution < 1.29 is 18.8 Å². The summed E-state index contributed by atoms with van der Waals surface area (Å²) >= 11 is 5.97. The standard InChI is InChI=1S/C19H15ClFN5O3/c1-26(19(29)16-15(17(22)27)23-9-24-16)10-6-7-14(13(21)8-10)25-18(28)11-4-2-3-5-12(11)20/h2-9H,1H3,(H2,22,27)(H,23,24)(H,25,28). The minimum Gasteiger partial charge on any atom is -0.364 e. The van der Waals surface area contributed by atoms with Crippen molar-refractivity contribution in [3.63, 3.8) is 0 Å². The first-order valence-corrected chi connectivity index (χ1v) is 8.64. The Bertz CT molecular complexity index is 1110. The quantitative estimate of drug-likeness (QED) is 0.593. The molecule has 0 aliphatic heterocycles. The maximum atomic E-state index is 14.5. The van der Waals surface area contributed by atoms with Crippen LogP contribution in [0.4, 0.5) is 15.8 Å². The van der Waals surface area contributed by atoms with Crippen LogP contribution >= 0.6 is 11.6 Å². The maximum absolute atomic E-state index is 14.5. The second-order valence-corrected chi connectivity index (χ2v) is 6.36. The normalized spacial score (nSPS) is 10.4. The van der Waals surface area contributed by atoms with Crippen LogP contribution in [-0.2, 0) is 0 Å². The van der Waals surface area contributed by atoms with Crippen molar-refractivity contribution in [3.05, 3.63) is 76.6 Å². The van der Waals surface area contributed by atoms with Gasteiger partial charge in [-0.05, 0) is 30.3 Å². The van der Waals surface area contributed by atoms with Gasteiger partial charge in [0.15, 0.2) is 5.69 Å². The van der Waals surface area contributed by atoms with Crippen LogP contribution in [0.1, 0.15) is 31.3 Å². The van der Waals surface area contributed by atoms with Crippen LogP contribution in [0.25, 0.3) is 0 Å². The van der Waals surface area contributed by atoms with E-state index in [1.807, 2.05) is 0 Å². The monoisotopic (exact) mass is 415 g/mol. The lowest BCUT2D eigenvalue weighted by atomic mass is 10.2. The van der Waals surface area contributed by atoms with Crippen LogP contribution in [0.2, 0.25) is 5.02 Å². The Hall–Kier alpha value is -3.72. The highest BCUT2D eigenvalue weighted by Gasteiger charge is 2.23. The third-order valence-corrected chi connectivity index (χ3v) is 4.43. The van der Waals surface area contributed by atoms with Crippen LogP contribution in [0.15, 0.2) is 48.8 Å². The summed E-state index contributed by atoms with van der Waals surface area (Å²) in [6, 6.07) is 10.2. The van der Waals surface area contributed by atoms with Crippen LogP contribution in [0.5, 0.6) is 0 Å². The Morgan fingerprint density at radius 1 is 1.21 bits per heavy atom. The fraction of sp³-hybridized carbons (Fsp3) is 0.0526. The summed E-state index contributed by atoms with van der Waals surface area (Å²) in [4.78, 5) is 43.6. The number of rotatable bonds is 5. The molecule has 0 saturated heterocycles. The molecule has 0 spiro atoms. The van der Waals surface area contributed by atoms with Crippen LogP contribution < -0.4 is 16.0 Å². The number of primary amides is 1. The molecule has 1 heterocycles. The topological polar surface area (TPSA) is 121 Å². The summed E-state index contributed by atoms with van der Waals surface area (Å²) in [5.74, 6) is -2.84. The molecule has 0 radical (unpaired) electrons. The van der Waals surface area contributed by atoms with Gasteiger partial charge in [-0.3, -0.25) is 14.4 Å². The third-order valence-electron chi connectivity index (χ3n) is 4.10. The summed E-state index contributed by atoms with van der Waals surface area (Å²) in [5.41, 5.74) is 5.16. The van der Waals surface area contributed by atoms with Crippen LogP contribution in [0.3, 0.4) is 0 Å². The van der Waals surface area contributed by atoms with E-state index >= 15 is 0 Å². The van der Waals surface area contributed by atoms with E-state index in [1.165, 1.54) is 25.2 Å². The fourth-order valence-electron chi connectivity index (χ4n) is 2.57. The van der Waals surface area contributed by atoms with Crippen molar-refractivity contribution in [2.24, 2.45) is 5.73 Å². The highest BCUT2D eigenvalue weighted by atomic mass is 35.5. The Morgan fingerprint density at radius 3 is 2.59 bits per heavy atom. The molecule has 2 aromatic carbocycles. The molecule has 0 unspecified atom stereocenters. The van der Waals surface area contributed by atoms with E-state index in [2.05, 4.69) is 15.3 Å². The van der Waals surface area contributed by atoms with Gasteiger partial charge in [0.25, 0.3) is 17.7 Å². The molecule has 29 heavy (non-hydrogen) atoms. The van der Waals surface area contributed by atoms with E-state index in [0.29, 0.717) is 0 Å². The highest BCUT2D eigenvalue weighted by molar-refractivity contribution is 6.34. The molecule has 0 fully saturated rings. The number of nitrogens with one attached hydrogen (secondary N) is 2. The number of nitrogens with zero attached hydrogens (tertiary/aromatic N) is 2. The van der Waals surface area contributed by atoms with Gasteiger partial charge in [0.05, 0.1) is 22.6 Å². The van der Waals surface area contributed by atoms with Gasteiger partial charge in [0.1, 0.15) is 11.5 Å². The van der Waals surface area contributed by atoms with Crippen molar-refractivity contribution in [2.45, 2.75) is 0 Å². The van der Waals surface area contributed by atoms with Gasteiger partial charge >= 0.3 is 0 Å². The first-order chi connectivity index (χ1) is 13.8. The van der Waals surface area contributed by atoms with Gasteiger partial charge in [0, 0.05) is 12.7 Å².